The Kier molecular flexibility index (Phi) is 8.26. The van der Waals surface area contributed by atoms with E-state index in [0.29, 0.717) is 19.8 Å². The van der Waals surface area contributed by atoms with Crippen LogP contribution in [0.15, 0.2) is 0 Å². The summed E-state index contributed by atoms with van der Waals surface area (Å²) in [5.74, 6) is -0.551. The predicted octanol–water partition coefficient (Wildman–Crippen LogP) is 6.25. The first-order valence-electron chi connectivity index (χ1n) is 14.8. The Bertz CT molecular complexity index is 892. The number of hydrogen-bond donors (Lipinski definition) is 0. The molecule has 0 aromatic carbocycles. The summed E-state index contributed by atoms with van der Waals surface area (Å²) >= 11 is 0. The van der Waals surface area contributed by atoms with Gasteiger partial charge in [-0.3, -0.25) is 9.59 Å². The topological polar surface area (TPSA) is 80.3 Å². The molecule has 1 spiro atoms. The lowest BCUT2D eigenvalue weighted by Crippen LogP contribution is -2.59. The van der Waals surface area contributed by atoms with E-state index in [2.05, 4.69) is 47.7 Å². The first-order valence-corrected chi connectivity index (χ1v) is 17.7. The molecule has 1 aliphatic heterocycles. The SMILES string of the molecule is CC(=O)OC[C@H]1C[C@@H](O[Si](C)(C)C(C)(C)C)CC[C@]1(C)C1CC[C@@]2(C)C(CCC23OCCO3)[C@@H]1OC(C)=O. The minimum absolute atomic E-state index is 0.135. The van der Waals surface area contributed by atoms with E-state index in [1.165, 1.54) is 13.8 Å². The molecular weight excluding hydrogens is 500 g/mol. The van der Waals surface area contributed by atoms with Crippen molar-refractivity contribution < 1.29 is 33.0 Å². The van der Waals surface area contributed by atoms with Gasteiger partial charge in [-0.25, -0.2) is 0 Å². The van der Waals surface area contributed by atoms with Gasteiger partial charge < -0.3 is 23.4 Å². The van der Waals surface area contributed by atoms with E-state index in [0.717, 1.165) is 44.9 Å². The maximum atomic E-state index is 12.5. The molecule has 8 heteroatoms. The van der Waals surface area contributed by atoms with Gasteiger partial charge in [0.05, 0.1) is 19.8 Å². The lowest BCUT2D eigenvalue weighted by Gasteiger charge is -2.57. The Morgan fingerprint density at radius 3 is 2.13 bits per heavy atom. The van der Waals surface area contributed by atoms with Crippen molar-refractivity contribution in [1.82, 2.24) is 0 Å². The molecule has 0 N–H and O–H groups in total. The third-order valence-corrected chi connectivity index (χ3v) is 15.9. The summed E-state index contributed by atoms with van der Waals surface area (Å²) in [7, 11) is -1.94. The number of hydrogen-bond acceptors (Lipinski definition) is 7. The Hall–Kier alpha value is -0.963. The Morgan fingerprint density at radius 1 is 0.921 bits per heavy atom. The molecule has 4 fully saturated rings. The zero-order valence-electron chi connectivity index (χ0n) is 25.3. The quantitative estimate of drug-likeness (QED) is 0.285. The van der Waals surface area contributed by atoms with Gasteiger partial charge in [0.2, 0.25) is 0 Å². The minimum atomic E-state index is -1.94. The molecule has 218 valence electrons. The highest BCUT2D eigenvalue weighted by Gasteiger charge is 2.67. The number of rotatable bonds is 6. The van der Waals surface area contributed by atoms with Gasteiger partial charge in [0.25, 0.3) is 0 Å². The first kappa shape index (κ1) is 30.0. The molecule has 0 bridgehead atoms. The number of ether oxygens (including phenoxy) is 4. The maximum Gasteiger partial charge on any atom is 0.302 e. The second kappa shape index (κ2) is 10.5. The third kappa shape index (κ3) is 5.24. The summed E-state index contributed by atoms with van der Waals surface area (Å²) < 4.78 is 31.4. The summed E-state index contributed by atoms with van der Waals surface area (Å²) in [6.07, 6.45) is 6.41. The molecule has 4 aliphatic rings. The van der Waals surface area contributed by atoms with Crippen molar-refractivity contribution in [3.63, 3.8) is 0 Å². The van der Waals surface area contributed by atoms with Crippen LogP contribution in [0.1, 0.15) is 93.4 Å². The van der Waals surface area contributed by atoms with Gasteiger partial charge in [-0.1, -0.05) is 34.6 Å². The van der Waals surface area contributed by atoms with Gasteiger partial charge in [-0.15, -0.1) is 0 Å². The predicted molar refractivity (Wildman–Crippen MR) is 148 cm³/mol. The van der Waals surface area contributed by atoms with E-state index in [9.17, 15) is 9.59 Å². The fourth-order valence-corrected chi connectivity index (χ4v) is 9.47. The van der Waals surface area contributed by atoms with Crippen LogP contribution in [-0.2, 0) is 33.0 Å². The zero-order valence-corrected chi connectivity index (χ0v) is 26.3. The van der Waals surface area contributed by atoms with Gasteiger partial charge >= 0.3 is 11.9 Å². The van der Waals surface area contributed by atoms with Crippen LogP contribution in [0.4, 0.5) is 0 Å². The van der Waals surface area contributed by atoms with Crippen molar-refractivity contribution in [3.8, 4) is 0 Å². The van der Waals surface area contributed by atoms with Crippen LogP contribution in [0.3, 0.4) is 0 Å². The van der Waals surface area contributed by atoms with Gasteiger partial charge in [-0.05, 0) is 62.1 Å². The Morgan fingerprint density at radius 2 is 1.55 bits per heavy atom. The highest BCUT2D eigenvalue weighted by molar-refractivity contribution is 6.74. The largest absolute Gasteiger partial charge is 0.466 e. The fraction of sp³-hybridized carbons (Fsp3) is 0.933. The lowest BCUT2D eigenvalue weighted by atomic mass is 9.51. The van der Waals surface area contributed by atoms with Crippen LogP contribution in [-0.4, -0.2) is 58.1 Å². The molecule has 7 nitrogen and oxygen atoms in total. The number of carbonyl (C=O) groups excluding carboxylic acids is 2. The van der Waals surface area contributed by atoms with Gasteiger partial charge in [0, 0.05) is 49.5 Å². The van der Waals surface area contributed by atoms with E-state index in [4.69, 9.17) is 23.4 Å². The van der Waals surface area contributed by atoms with Crippen LogP contribution in [0.5, 0.6) is 0 Å². The second-order valence-electron chi connectivity index (χ2n) is 14.5. The molecule has 1 heterocycles. The average molecular weight is 553 g/mol. The fourth-order valence-electron chi connectivity index (χ4n) is 8.07. The highest BCUT2D eigenvalue weighted by Crippen LogP contribution is 2.65. The summed E-state index contributed by atoms with van der Waals surface area (Å²) in [5, 5.41) is 0.135. The second-order valence-corrected chi connectivity index (χ2v) is 19.3. The van der Waals surface area contributed by atoms with E-state index in [-0.39, 0.29) is 57.8 Å². The molecule has 0 radical (unpaired) electrons. The van der Waals surface area contributed by atoms with E-state index >= 15 is 0 Å². The monoisotopic (exact) mass is 552 g/mol. The van der Waals surface area contributed by atoms with Gasteiger partial charge in [-0.2, -0.15) is 0 Å². The molecule has 0 aromatic rings. The molecule has 3 aliphatic carbocycles. The summed E-state index contributed by atoms with van der Waals surface area (Å²) in [6.45, 7) is 20.7. The van der Waals surface area contributed by atoms with E-state index in [1.54, 1.807) is 0 Å². The standard InChI is InChI=1S/C30H52O7Si/c1-20(31)33-19-22-18-23(37-38(8,9)27(3,4)5)10-13-28(22,6)24-11-14-29(7)25(26(24)36-21(2)32)12-15-30(29)34-16-17-35-30/h22-26H,10-19H2,1-9H3/t22-,23+,24?,25?,26-,28+,29+/m1/s1. The summed E-state index contributed by atoms with van der Waals surface area (Å²) in [5.41, 5.74) is -0.332. The smallest absolute Gasteiger partial charge is 0.302 e. The van der Waals surface area contributed by atoms with E-state index < -0.39 is 14.1 Å². The molecule has 4 rings (SSSR count). The molecule has 3 saturated carbocycles. The number of fused-ring (bicyclic) bond motifs is 2. The summed E-state index contributed by atoms with van der Waals surface area (Å²) in [4.78, 5) is 24.4. The van der Waals surface area contributed by atoms with Crippen LogP contribution in [0.25, 0.3) is 0 Å². The number of esters is 2. The van der Waals surface area contributed by atoms with Gasteiger partial charge in [0.1, 0.15) is 6.10 Å². The van der Waals surface area contributed by atoms with Crippen LogP contribution in [0.2, 0.25) is 18.1 Å². The Balaban J connectivity index is 1.62. The zero-order chi connectivity index (χ0) is 28.1. The van der Waals surface area contributed by atoms with Crippen molar-refractivity contribution in [2.75, 3.05) is 19.8 Å². The van der Waals surface area contributed by atoms with Crippen molar-refractivity contribution in [2.45, 2.75) is 130 Å². The maximum absolute atomic E-state index is 12.5. The molecular formula is C30H52O7Si. The van der Waals surface area contributed by atoms with Crippen molar-refractivity contribution in [1.29, 1.82) is 0 Å². The first-order chi connectivity index (χ1) is 17.5. The average Bonchev–Trinajstić information content (AvgIpc) is 3.39. The molecule has 2 unspecified atom stereocenters. The normalized spacial score (nSPS) is 39.1. The van der Waals surface area contributed by atoms with Crippen molar-refractivity contribution in [2.24, 2.45) is 28.6 Å². The minimum Gasteiger partial charge on any atom is -0.466 e. The summed E-state index contributed by atoms with van der Waals surface area (Å²) in [6, 6.07) is 0. The molecule has 38 heavy (non-hydrogen) atoms. The molecule has 7 atom stereocenters. The lowest BCUT2D eigenvalue weighted by molar-refractivity contribution is -0.253. The molecule has 0 aromatic heterocycles. The molecule has 1 saturated heterocycles. The molecule has 0 amide bonds. The number of carbonyl (C=O) groups is 2. The van der Waals surface area contributed by atoms with Crippen LogP contribution < -0.4 is 0 Å². The third-order valence-electron chi connectivity index (χ3n) is 11.4. The van der Waals surface area contributed by atoms with Crippen LogP contribution >= 0.6 is 0 Å². The highest BCUT2D eigenvalue weighted by atomic mass is 28.4. The van der Waals surface area contributed by atoms with Gasteiger partial charge in [0.15, 0.2) is 14.1 Å². The van der Waals surface area contributed by atoms with Crippen LogP contribution in [0, 0.1) is 28.6 Å². The van der Waals surface area contributed by atoms with Crippen molar-refractivity contribution >= 4 is 20.3 Å². The van der Waals surface area contributed by atoms with Crippen molar-refractivity contribution in [3.05, 3.63) is 0 Å². The van der Waals surface area contributed by atoms with E-state index in [1.807, 2.05) is 0 Å². The Labute approximate surface area is 231 Å².